The highest BCUT2D eigenvalue weighted by atomic mass is 79.9. The first-order valence-corrected chi connectivity index (χ1v) is 6.04. The minimum absolute atomic E-state index is 0.0288. The number of carbonyl (C=O) groups excluding carboxylic acids is 2. The Bertz CT molecular complexity index is 456. The van der Waals surface area contributed by atoms with Gasteiger partial charge in [0.25, 0.3) is 0 Å². The van der Waals surface area contributed by atoms with Crippen LogP contribution < -0.4 is 5.32 Å². The molecule has 0 saturated carbocycles. The predicted octanol–water partition coefficient (Wildman–Crippen LogP) is 1.48. The average molecular weight is 282 g/mol. The van der Waals surface area contributed by atoms with Crippen LogP contribution in [-0.4, -0.2) is 23.6 Å². The van der Waals surface area contributed by atoms with Crippen LogP contribution in [0.1, 0.15) is 21.5 Å². The van der Waals surface area contributed by atoms with Gasteiger partial charge in [-0.05, 0) is 17.5 Å². The minimum Gasteiger partial charge on any atom is -0.359 e. The summed E-state index contributed by atoms with van der Waals surface area (Å²) in [6.45, 7) is 0. The van der Waals surface area contributed by atoms with Crippen molar-refractivity contribution in [2.75, 3.05) is 7.05 Å². The van der Waals surface area contributed by atoms with Crippen LogP contribution in [0.15, 0.2) is 18.2 Å². The largest absolute Gasteiger partial charge is 0.359 e. The zero-order chi connectivity index (χ0) is 11.7. The maximum Gasteiger partial charge on any atom is 0.224 e. The Labute approximate surface area is 102 Å². The first-order chi connectivity index (χ1) is 7.63. The highest BCUT2D eigenvalue weighted by Crippen LogP contribution is 2.29. The molecule has 1 aliphatic carbocycles. The van der Waals surface area contributed by atoms with E-state index in [2.05, 4.69) is 21.2 Å². The lowest BCUT2D eigenvalue weighted by Gasteiger charge is -2.06. The van der Waals surface area contributed by atoms with Crippen LogP contribution in [0.4, 0.5) is 0 Å². The lowest BCUT2D eigenvalue weighted by molar-refractivity contribution is -0.119. The maximum absolute atomic E-state index is 11.8. The molecule has 1 amide bonds. The fourth-order valence-corrected chi connectivity index (χ4v) is 2.54. The molecule has 1 aromatic rings. The molecule has 0 spiro atoms. The fraction of sp³-hybridized carbons (Fsp3) is 0.333. The van der Waals surface area contributed by atoms with Crippen LogP contribution in [0.3, 0.4) is 0 Å². The van der Waals surface area contributed by atoms with Crippen LogP contribution in [0.2, 0.25) is 0 Å². The van der Waals surface area contributed by atoms with Gasteiger partial charge in [0.2, 0.25) is 5.91 Å². The summed E-state index contributed by atoms with van der Waals surface area (Å²) in [5, 5.41) is 2.59. The molecular formula is C12H12BrNO2. The van der Waals surface area contributed by atoms with E-state index in [1.54, 1.807) is 7.05 Å². The lowest BCUT2D eigenvalue weighted by atomic mass is 10.0. The molecule has 0 fully saturated rings. The number of likely N-dealkylation sites (N-methyl/N-ethyl adjacent to an activating group) is 1. The number of ketones is 1. The van der Waals surface area contributed by atoms with Crippen molar-refractivity contribution in [1.82, 2.24) is 5.32 Å². The van der Waals surface area contributed by atoms with Crippen LogP contribution in [-0.2, 0) is 17.6 Å². The molecule has 0 aromatic heterocycles. The summed E-state index contributed by atoms with van der Waals surface area (Å²) >= 11 is 3.35. The summed E-state index contributed by atoms with van der Waals surface area (Å²) in [5.41, 5.74) is 2.72. The van der Waals surface area contributed by atoms with Crippen LogP contribution in [0.25, 0.3) is 0 Å². The number of nitrogens with one attached hydrogen (secondary N) is 1. The first kappa shape index (κ1) is 11.3. The van der Waals surface area contributed by atoms with Gasteiger partial charge in [-0.15, -0.1) is 0 Å². The van der Waals surface area contributed by atoms with E-state index in [0.29, 0.717) is 12.8 Å². The molecule has 16 heavy (non-hydrogen) atoms. The van der Waals surface area contributed by atoms with Gasteiger partial charge < -0.3 is 5.32 Å². The quantitative estimate of drug-likeness (QED) is 0.835. The van der Waals surface area contributed by atoms with Crippen molar-refractivity contribution in [3.05, 3.63) is 34.9 Å². The fourth-order valence-electron chi connectivity index (χ4n) is 1.97. The van der Waals surface area contributed by atoms with E-state index in [0.717, 1.165) is 16.7 Å². The monoisotopic (exact) mass is 281 g/mol. The number of hydrogen-bond acceptors (Lipinski definition) is 2. The van der Waals surface area contributed by atoms with E-state index in [9.17, 15) is 9.59 Å². The van der Waals surface area contributed by atoms with Gasteiger partial charge in [0.05, 0.1) is 11.2 Å². The number of hydrogen-bond donors (Lipinski definition) is 1. The number of halogens is 1. The summed E-state index contributed by atoms with van der Waals surface area (Å²) in [4.78, 5) is 23.0. The molecule has 0 heterocycles. The van der Waals surface area contributed by atoms with Crippen molar-refractivity contribution < 1.29 is 9.59 Å². The van der Waals surface area contributed by atoms with Gasteiger partial charge in [-0.1, -0.05) is 34.1 Å². The van der Waals surface area contributed by atoms with Gasteiger partial charge in [-0.3, -0.25) is 9.59 Å². The Morgan fingerprint density at radius 2 is 2.31 bits per heavy atom. The van der Waals surface area contributed by atoms with E-state index >= 15 is 0 Å². The van der Waals surface area contributed by atoms with E-state index in [1.165, 1.54) is 0 Å². The van der Waals surface area contributed by atoms with Gasteiger partial charge in [0.15, 0.2) is 5.78 Å². The Hall–Kier alpha value is -1.16. The molecule has 84 valence electrons. The summed E-state index contributed by atoms with van der Waals surface area (Å²) in [5.74, 6) is 0.0904. The molecule has 0 bridgehead atoms. The van der Waals surface area contributed by atoms with E-state index < -0.39 is 0 Å². The number of fused-ring (bicyclic) bond motifs is 1. The normalized spacial score (nSPS) is 18.4. The standard InChI is InChI=1S/C12H12BrNO2/c1-14-11(15)5-7-3-2-4-8-9(7)6-10(13)12(8)16/h2-4,10H,5-6H2,1H3,(H,14,15). The number of amides is 1. The number of alkyl halides is 1. The van der Waals surface area contributed by atoms with Gasteiger partial charge in [-0.25, -0.2) is 0 Å². The predicted molar refractivity (Wildman–Crippen MR) is 65.0 cm³/mol. The van der Waals surface area contributed by atoms with Crippen molar-refractivity contribution >= 4 is 27.6 Å². The zero-order valence-electron chi connectivity index (χ0n) is 8.92. The highest BCUT2D eigenvalue weighted by Gasteiger charge is 2.30. The molecular weight excluding hydrogens is 270 g/mol. The molecule has 0 saturated heterocycles. The Balaban J connectivity index is 2.36. The van der Waals surface area contributed by atoms with Gasteiger partial charge in [0.1, 0.15) is 0 Å². The van der Waals surface area contributed by atoms with Crippen molar-refractivity contribution in [2.45, 2.75) is 17.7 Å². The van der Waals surface area contributed by atoms with Crippen molar-refractivity contribution in [1.29, 1.82) is 0 Å². The number of benzene rings is 1. The molecule has 0 aliphatic heterocycles. The van der Waals surface area contributed by atoms with E-state index in [4.69, 9.17) is 0 Å². The summed E-state index contributed by atoms with van der Waals surface area (Å²) in [6.07, 6.45) is 1.02. The topological polar surface area (TPSA) is 46.2 Å². The molecule has 3 nitrogen and oxygen atoms in total. The minimum atomic E-state index is -0.131. The van der Waals surface area contributed by atoms with E-state index in [-0.39, 0.29) is 16.5 Å². The maximum atomic E-state index is 11.8. The third-order valence-electron chi connectivity index (χ3n) is 2.84. The summed E-state index contributed by atoms with van der Waals surface area (Å²) < 4.78 is 0. The Morgan fingerprint density at radius 3 is 3.00 bits per heavy atom. The molecule has 2 rings (SSSR count). The molecule has 1 atom stereocenters. The Kier molecular flexibility index (Phi) is 3.10. The molecule has 1 aliphatic rings. The van der Waals surface area contributed by atoms with Crippen LogP contribution in [0.5, 0.6) is 0 Å². The second kappa shape index (κ2) is 4.37. The second-order valence-corrected chi connectivity index (χ2v) is 4.93. The smallest absolute Gasteiger partial charge is 0.224 e. The van der Waals surface area contributed by atoms with Gasteiger partial charge in [-0.2, -0.15) is 0 Å². The third kappa shape index (κ3) is 1.89. The molecule has 1 aromatic carbocycles. The first-order valence-electron chi connectivity index (χ1n) is 5.13. The van der Waals surface area contributed by atoms with Crippen LogP contribution >= 0.6 is 15.9 Å². The molecule has 1 N–H and O–H groups in total. The number of carbonyl (C=O) groups is 2. The van der Waals surface area contributed by atoms with Crippen molar-refractivity contribution in [3.8, 4) is 0 Å². The molecule has 1 unspecified atom stereocenters. The van der Waals surface area contributed by atoms with Gasteiger partial charge >= 0.3 is 0 Å². The van der Waals surface area contributed by atoms with E-state index in [1.807, 2.05) is 18.2 Å². The second-order valence-electron chi connectivity index (χ2n) is 3.83. The van der Waals surface area contributed by atoms with Crippen molar-refractivity contribution in [2.24, 2.45) is 0 Å². The summed E-state index contributed by atoms with van der Waals surface area (Å²) in [6, 6.07) is 5.57. The number of Topliss-reactive ketones (excluding diaryl/α,β-unsaturated/α-hetero) is 1. The highest BCUT2D eigenvalue weighted by molar-refractivity contribution is 9.10. The van der Waals surface area contributed by atoms with Crippen molar-refractivity contribution in [3.63, 3.8) is 0 Å². The van der Waals surface area contributed by atoms with Gasteiger partial charge in [0, 0.05) is 12.6 Å². The average Bonchev–Trinajstić information content (AvgIpc) is 2.57. The number of rotatable bonds is 2. The third-order valence-corrected chi connectivity index (χ3v) is 3.58. The lowest BCUT2D eigenvalue weighted by Crippen LogP contribution is -2.20. The van der Waals surface area contributed by atoms with Crippen LogP contribution in [0, 0.1) is 0 Å². The zero-order valence-corrected chi connectivity index (χ0v) is 10.5. The summed E-state index contributed by atoms with van der Waals surface area (Å²) in [7, 11) is 1.62. The molecule has 0 radical (unpaired) electrons. The molecule has 4 heteroatoms. The SMILES string of the molecule is CNC(=O)Cc1cccc2c1CC(Br)C2=O. The Morgan fingerprint density at radius 1 is 1.56 bits per heavy atom.